The molecule has 1 aromatic carbocycles. The Morgan fingerprint density at radius 2 is 2.00 bits per heavy atom. The van der Waals surface area contributed by atoms with Crippen LogP contribution in [0.4, 0.5) is 13.2 Å². The molecule has 0 aliphatic heterocycles. The lowest BCUT2D eigenvalue weighted by Crippen LogP contribution is -2.47. The Bertz CT molecular complexity index is 837. The van der Waals surface area contributed by atoms with E-state index in [4.69, 9.17) is 9.15 Å². The van der Waals surface area contributed by atoms with E-state index in [0.29, 0.717) is 31.1 Å². The van der Waals surface area contributed by atoms with Crippen LogP contribution in [0.5, 0.6) is 0 Å². The number of nitrogens with one attached hydrogen (secondary N) is 2. The van der Waals surface area contributed by atoms with E-state index in [-0.39, 0.29) is 35.9 Å². The molecule has 1 aromatic heterocycles. The Morgan fingerprint density at radius 3 is 2.62 bits per heavy atom. The van der Waals surface area contributed by atoms with Crippen molar-refractivity contribution in [1.82, 2.24) is 10.6 Å². The number of rotatable bonds is 10. The summed E-state index contributed by atoms with van der Waals surface area (Å²) in [6.45, 7) is 2.23. The van der Waals surface area contributed by atoms with Crippen molar-refractivity contribution in [2.24, 2.45) is 10.4 Å². The first kappa shape index (κ1) is 26.5. The van der Waals surface area contributed by atoms with Gasteiger partial charge < -0.3 is 19.8 Å². The lowest BCUT2D eigenvalue weighted by molar-refractivity contribution is -0.137. The summed E-state index contributed by atoms with van der Waals surface area (Å²) in [7, 11) is 1.71. The number of benzene rings is 1. The van der Waals surface area contributed by atoms with Gasteiger partial charge in [-0.15, -0.1) is 24.0 Å². The zero-order chi connectivity index (χ0) is 22.2. The maximum absolute atomic E-state index is 13.0. The van der Waals surface area contributed by atoms with Crippen molar-refractivity contribution in [3.8, 4) is 0 Å². The Hall–Kier alpha value is -1.75. The highest BCUT2D eigenvalue weighted by molar-refractivity contribution is 14.0. The van der Waals surface area contributed by atoms with E-state index in [0.717, 1.165) is 43.7 Å². The van der Waals surface area contributed by atoms with Crippen molar-refractivity contribution < 1.29 is 22.3 Å². The number of ether oxygens (including phenoxy) is 1. The van der Waals surface area contributed by atoms with Gasteiger partial charge in [0.1, 0.15) is 5.76 Å². The first-order chi connectivity index (χ1) is 14.9. The van der Waals surface area contributed by atoms with Crippen molar-refractivity contribution >= 4 is 29.9 Å². The quantitative estimate of drug-likeness (QED) is 0.230. The van der Waals surface area contributed by atoms with E-state index in [1.807, 2.05) is 12.1 Å². The van der Waals surface area contributed by atoms with Crippen molar-refractivity contribution in [1.29, 1.82) is 0 Å². The van der Waals surface area contributed by atoms with Crippen molar-refractivity contribution in [3.05, 3.63) is 59.5 Å². The van der Waals surface area contributed by atoms with Crippen LogP contribution >= 0.6 is 24.0 Å². The summed E-state index contributed by atoms with van der Waals surface area (Å²) in [6.07, 6.45) is 2.41. The molecule has 178 valence electrons. The number of methoxy groups -OCH3 is 1. The average molecular weight is 565 g/mol. The third-order valence-corrected chi connectivity index (χ3v) is 5.80. The van der Waals surface area contributed by atoms with Gasteiger partial charge in [0.25, 0.3) is 0 Å². The first-order valence-electron chi connectivity index (χ1n) is 10.6. The summed E-state index contributed by atoms with van der Waals surface area (Å²) in [6, 6.07) is 9.04. The van der Waals surface area contributed by atoms with Gasteiger partial charge in [-0.05, 0) is 54.5 Å². The van der Waals surface area contributed by atoms with Crippen LogP contribution in [0, 0.1) is 5.41 Å². The molecule has 0 bridgehead atoms. The van der Waals surface area contributed by atoms with Crippen LogP contribution in [0.3, 0.4) is 0 Å². The second-order valence-corrected chi connectivity index (χ2v) is 8.07. The van der Waals surface area contributed by atoms with E-state index in [1.165, 1.54) is 12.5 Å². The van der Waals surface area contributed by atoms with Crippen molar-refractivity contribution in [3.63, 3.8) is 0 Å². The Balaban J connectivity index is 0.00000363. The summed E-state index contributed by atoms with van der Waals surface area (Å²) in [5, 5.41) is 6.67. The molecule has 0 saturated heterocycles. The van der Waals surface area contributed by atoms with E-state index < -0.39 is 11.7 Å². The van der Waals surface area contributed by atoms with Gasteiger partial charge in [-0.25, -0.2) is 4.99 Å². The number of halogens is 4. The highest BCUT2D eigenvalue weighted by atomic mass is 127. The second-order valence-electron chi connectivity index (χ2n) is 8.07. The molecule has 1 heterocycles. The molecule has 2 aromatic rings. The normalized spacial score (nSPS) is 15.6. The molecular formula is C23H31F3IN3O2. The van der Waals surface area contributed by atoms with Gasteiger partial charge in [0.2, 0.25) is 0 Å². The summed E-state index contributed by atoms with van der Waals surface area (Å²) >= 11 is 0. The third kappa shape index (κ3) is 7.99. The Kier molecular flexibility index (Phi) is 10.3. The minimum Gasteiger partial charge on any atom is -0.469 e. The number of nitrogens with zero attached hydrogens (tertiary/aromatic N) is 1. The lowest BCUT2D eigenvalue weighted by Gasteiger charge is -2.42. The summed E-state index contributed by atoms with van der Waals surface area (Å²) < 4.78 is 49.6. The largest absolute Gasteiger partial charge is 0.469 e. The second kappa shape index (κ2) is 12.5. The predicted octanol–water partition coefficient (Wildman–Crippen LogP) is 5.40. The minimum absolute atomic E-state index is 0. The smallest absolute Gasteiger partial charge is 0.416 e. The van der Waals surface area contributed by atoms with E-state index >= 15 is 0 Å². The lowest BCUT2D eigenvalue weighted by atomic mass is 9.67. The molecule has 0 unspecified atom stereocenters. The topological polar surface area (TPSA) is 58.8 Å². The SMILES string of the molecule is COCCC1(CNC(=NCc2cccc(C(F)(F)F)c2)NCCc2ccco2)CCC1.I. The Morgan fingerprint density at radius 1 is 1.19 bits per heavy atom. The molecule has 0 spiro atoms. The third-order valence-electron chi connectivity index (χ3n) is 5.80. The zero-order valence-corrected chi connectivity index (χ0v) is 20.5. The van der Waals surface area contributed by atoms with E-state index in [9.17, 15) is 13.2 Å². The monoisotopic (exact) mass is 565 g/mol. The molecule has 1 aliphatic carbocycles. The van der Waals surface area contributed by atoms with Crippen LogP contribution in [-0.4, -0.2) is 32.8 Å². The molecule has 1 fully saturated rings. The fourth-order valence-electron chi connectivity index (χ4n) is 3.73. The number of hydrogen-bond donors (Lipinski definition) is 2. The van der Waals surface area contributed by atoms with Gasteiger partial charge in [0.05, 0.1) is 18.4 Å². The molecule has 9 heteroatoms. The average Bonchev–Trinajstić information content (AvgIpc) is 3.23. The highest BCUT2D eigenvalue weighted by Gasteiger charge is 2.36. The molecule has 32 heavy (non-hydrogen) atoms. The molecular weight excluding hydrogens is 534 g/mol. The van der Waals surface area contributed by atoms with Gasteiger partial charge in [0, 0.05) is 33.2 Å². The molecule has 0 amide bonds. The zero-order valence-electron chi connectivity index (χ0n) is 18.2. The highest BCUT2D eigenvalue weighted by Crippen LogP contribution is 2.43. The number of guanidine groups is 1. The van der Waals surface area contributed by atoms with Crippen LogP contribution in [0.1, 0.15) is 42.6 Å². The van der Waals surface area contributed by atoms with Crippen LogP contribution in [-0.2, 0) is 23.9 Å². The maximum Gasteiger partial charge on any atom is 0.416 e. The van der Waals surface area contributed by atoms with E-state index in [1.54, 1.807) is 19.4 Å². The Labute approximate surface area is 204 Å². The van der Waals surface area contributed by atoms with Gasteiger partial charge in [0.15, 0.2) is 5.96 Å². The van der Waals surface area contributed by atoms with Gasteiger partial charge in [-0.1, -0.05) is 18.6 Å². The molecule has 0 atom stereocenters. The van der Waals surface area contributed by atoms with Gasteiger partial charge in [-0.2, -0.15) is 13.2 Å². The molecule has 1 saturated carbocycles. The summed E-state index contributed by atoms with van der Waals surface area (Å²) in [5.74, 6) is 1.45. The van der Waals surface area contributed by atoms with Crippen LogP contribution in [0.15, 0.2) is 52.1 Å². The number of furan rings is 1. The molecule has 2 N–H and O–H groups in total. The number of hydrogen-bond acceptors (Lipinski definition) is 3. The van der Waals surface area contributed by atoms with Gasteiger partial charge >= 0.3 is 6.18 Å². The first-order valence-corrected chi connectivity index (χ1v) is 10.6. The maximum atomic E-state index is 13.0. The molecule has 1 aliphatic rings. The molecule has 5 nitrogen and oxygen atoms in total. The fourth-order valence-corrected chi connectivity index (χ4v) is 3.73. The molecule has 3 rings (SSSR count). The minimum atomic E-state index is -4.36. The number of alkyl halides is 3. The molecule has 0 radical (unpaired) electrons. The standard InChI is InChI=1S/C23H30F3N3O2.HI/c1-30-14-11-22(9-4-10-22)17-29-21(27-12-8-20-7-3-13-31-20)28-16-18-5-2-6-19(15-18)23(24,25)26;/h2-3,5-7,13,15H,4,8-12,14,16-17H2,1H3,(H2,27,28,29);1H. The summed E-state index contributed by atoms with van der Waals surface area (Å²) in [5.41, 5.74) is 0.0449. The van der Waals surface area contributed by atoms with Crippen LogP contribution in [0.25, 0.3) is 0 Å². The van der Waals surface area contributed by atoms with Crippen LogP contribution in [0.2, 0.25) is 0 Å². The van der Waals surface area contributed by atoms with Gasteiger partial charge in [-0.3, -0.25) is 0 Å². The summed E-state index contributed by atoms with van der Waals surface area (Å²) in [4.78, 5) is 4.54. The van der Waals surface area contributed by atoms with Crippen molar-refractivity contribution in [2.75, 3.05) is 26.8 Å². The van der Waals surface area contributed by atoms with Crippen LogP contribution < -0.4 is 10.6 Å². The van der Waals surface area contributed by atoms with Crippen molar-refractivity contribution in [2.45, 2.75) is 44.8 Å². The fraction of sp³-hybridized carbons (Fsp3) is 0.522. The number of aliphatic imine (C=N–C) groups is 1. The predicted molar refractivity (Wildman–Crippen MR) is 129 cm³/mol. The van der Waals surface area contributed by atoms with E-state index in [2.05, 4.69) is 15.6 Å².